The fraction of sp³-hybridized carbons (Fsp3) is 0.200. The number of aromatic nitrogens is 1. The third-order valence-corrected chi connectivity index (χ3v) is 6.68. The number of hydrogen-bond acceptors (Lipinski definition) is 2. The molecule has 2 heterocycles. The largest absolute Gasteiger partial charge is 0.327 e. The lowest BCUT2D eigenvalue weighted by Gasteiger charge is -2.40. The molecule has 0 spiro atoms. The van der Waals surface area contributed by atoms with Gasteiger partial charge in [0, 0.05) is 12.2 Å². The Morgan fingerprint density at radius 3 is 2.25 bits per heavy atom. The molecule has 0 fully saturated rings. The number of carbonyl (C=O) groups excluding carboxylic acids is 2. The number of rotatable bonds is 5. The quantitative estimate of drug-likeness (QED) is 0.356. The molecule has 0 saturated heterocycles. The number of fused-ring (bicyclic) bond motifs is 3. The topological polar surface area (TPSA) is 45.6 Å². The number of nitrogens with zero attached hydrogens (tertiary/aromatic N) is 3. The molecule has 1 unspecified atom stereocenters. The van der Waals surface area contributed by atoms with Gasteiger partial charge in [0.2, 0.25) is 5.91 Å². The molecule has 0 radical (unpaired) electrons. The number of hydrogen-bond donors (Lipinski definition) is 0. The number of para-hydroxylation sites is 2. The van der Waals surface area contributed by atoms with Gasteiger partial charge in [-0.15, -0.1) is 0 Å². The first kappa shape index (κ1) is 23.5. The molecular formula is C30H28FN3O2. The van der Waals surface area contributed by atoms with Gasteiger partial charge in [0.15, 0.2) is 0 Å². The second kappa shape index (κ2) is 9.46. The van der Waals surface area contributed by atoms with Crippen LogP contribution in [0.15, 0.2) is 91.1 Å². The lowest BCUT2D eigenvalue weighted by molar-refractivity contribution is -0.120. The summed E-state index contributed by atoms with van der Waals surface area (Å²) in [6, 6.07) is 25.1. The Bertz CT molecular complexity index is 1420. The SMILES string of the molecule is Cc1ccc(C2c3cccn3-c3ccccc3N2C(=O)CN(C(=O)c2ccccc2F)C(C)C)cc1. The molecule has 1 atom stereocenters. The first-order valence-electron chi connectivity index (χ1n) is 12.1. The van der Waals surface area contributed by atoms with E-state index in [4.69, 9.17) is 0 Å². The summed E-state index contributed by atoms with van der Waals surface area (Å²) < 4.78 is 16.6. The smallest absolute Gasteiger partial charge is 0.257 e. The third-order valence-electron chi connectivity index (χ3n) is 6.68. The summed E-state index contributed by atoms with van der Waals surface area (Å²) in [5.74, 6) is -1.34. The van der Waals surface area contributed by atoms with Crippen LogP contribution in [0.5, 0.6) is 0 Å². The molecule has 1 aromatic heterocycles. The van der Waals surface area contributed by atoms with Crippen molar-refractivity contribution in [3.63, 3.8) is 0 Å². The van der Waals surface area contributed by atoms with E-state index >= 15 is 0 Å². The standard InChI is InChI=1S/C30H28FN3O2/c1-20(2)33(30(36)23-9-4-5-10-24(23)31)19-28(35)34-26-12-7-6-11-25(26)32-18-8-13-27(32)29(34)22-16-14-21(3)15-17-22/h4-18,20,29H,19H2,1-3H3. The van der Waals surface area contributed by atoms with Gasteiger partial charge in [-0.05, 0) is 62.7 Å². The summed E-state index contributed by atoms with van der Waals surface area (Å²) in [6.45, 7) is 5.51. The molecule has 5 rings (SSSR count). The fourth-order valence-corrected chi connectivity index (χ4v) is 4.83. The monoisotopic (exact) mass is 481 g/mol. The molecule has 6 heteroatoms. The molecule has 3 aromatic carbocycles. The molecule has 1 aliphatic heterocycles. The summed E-state index contributed by atoms with van der Waals surface area (Å²) >= 11 is 0. The lowest BCUT2D eigenvalue weighted by Crippen LogP contribution is -2.48. The van der Waals surface area contributed by atoms with Crippen LogP contribution >= 0.6 is 0 Å². The molecule has 5 nitrogen and oxygen atoms in total. The summed E-state index contributed by atoms with van der Waals surface area (Å²) in [7, 11) is 0. The molecule has 0 saturated carbocycles. The first-order chi connectivity index (χ1) is 17.4. The summed E-state index contributed by atoms with van der Waals surface area (Å²) in [4.78, 5) is 30.6. The Labute approximate surface area is 210 Å². The number of anilines is 1. The van der Waals surface area contributed by atoms with Crippen LogP contribution in [0, 0.1) is 12.7 Å². The van der Waals surface area contributed by atoms with Crippen LogP contribution < -0.4 is 4.90 Å². The second-order valence-electron chi connectivity index (χ2n) is 9.38. The highest BCUT2D eigenvalue weighted by Gasteiger charge is 2.37. The number of halogens is 1. The second-order valence-corrected chi connectivity index (χ2v) is 9.38. The van der Waals surface area contributed by atoms with Gasteiger partial charge in [-0.25, -0.2) is 4.39 Å². The van der Waals surface area contributed by atoms with Gasteiger partial charge in [0.05, 0.1) is 22.6 Å². The Balaban J connectivity index is 1.58. The van der Waals surface area contributed by atoms with Gasteiger partial charge in [0.25, 0.3) is 5.91 Å². The third kappa shape index (κ3) is 4.09. The first-order valence-corrected chi connectivity index (χ1v) is 12.1. The summed E-state index contributed by atoms with van der Waals surface area (Å²) in [6.07, 6.45) is 2.00. The average Bonchev–Trinajstić information content (AvgIpc) is 3.37. The van der Waals surface area contributed by atoms with Crippen LogP contribution in [0.3, 0.4) is 0 Å². The highest BCUT2D eigenvalue weighted by atomic mass is 19.1. The highest BCUT2D eigenvalue weighted by Crippen LogP contribution is 2.42. The minimum Gasteiger partial charge on any atom is -0.327 e. The van der Waals surface area contributed by atoms with E-state index < -0.39 is 11.7 Å². The Kier molecular flexibility index (Phi) is 6.18. The summed E-state index contributed by atoms with van der Waals surface area (Å²) in [5, 5.41) is 0. The molecule has 0 N–H and O–H groups in total. The number of aryl methyl sites for hydroxylation is 1. The van der Waals surface area contributed by atoms with E-state index in [2.05, 4.69) is 4.57 Å². The molecule has 36 heavy (non-hydrogen) atoms. The van der Waals surface area contributed by atoms with E-state index in [-0.39, 0.29) is 30.1 Å². The van der Waals surface area contributed by atoms with Gasteiger partial charge in [-0.1, -0.05) is 54.1 Å². The minimum absolute atomic E-state index is 0.0398. The van der Waals surface area contributed by atoms with Crippen molar-refractivity contribution in [2.75, 3.05) is 11.4 Å². The van der Waals surface area contributed by atoms with Gasteiger partial charge in [0.1, 0.15) is 18.4 Å². The van der Waals surface area contributed by atoms with Crippen molar-refractivity contribution in [2.45, 2.75) is 32.9 Å². The van der Waals surface area contributed by atoms with Crippen molar-refractivity contribution < 1.29 is 14.0 Å². The zero-order chi connectivity index (χ0) is 25.4. The number of benzene rings is 3. The van der Waals surface area contributed by atoms with Crippen molar-refractivity contribution in [1.82, 2.24) is 9.47 Å². The fourth-order valence-electron chi connectivity index (χ4n) is 4.83. The molecule has 182 valence electrons. The zero-order valence-corrected chi connectivity index (χ0v) is 20.6. The highest BCUT2D eigenvalue weighted by molar-refractivity contribution is 6.02. The number of carbonyl (C=O) groups is 2. The zero-order valence-electron chi connectivity index (χ0n) is 20.6. The molecule has 4 aromatic rings. The van der Waals surface area contributed by atoms with E-state index in [1.54, 1.807) is 17.0 Å². The van der Waals surface area contributed by atoms with E-state index in [1.165, 1.54) is 17.0 Å². The van der Waals surface area contributed by atoms with Crippen LogP contribution in [0.4, 0.5) is 10.1 Å². The van der Waals surface area contributed by atoms with Gasteiger partial charge in [-0.3, -0.25) is 14.5 Å². The molecular weight excluding hydrogens is 453 g/mol. The van der Waals surface area contributed by atoms with Crippen LogP contribution in [0.25, 0.3) is 5.69 Å². The summed E-state index contributed by atoms with van der Waals surface area (Å²) in [5.41, 5.74) is 4.68. The Morgan fingerprint density at radius 1 is 0.889 bits per heavy atom. The van der Waals surface area contributed by atoms with Crippen LogP contribution in [0.2, 0.25) is 0 Å². The molecule has 2 amide bonds. The van der Waals surface area contributed by atoms with Crippen molar-refractivity contribution in [1.29, 1.82) is 0 Å². The normalized spacial score (nSPS) is 14.4. The number of amides is 2. The van der Waals surface area contributed by atoms with Crippen LogP contribution in [-0.4, -0.2) is 33.9 Å². The van der Waals surface area contributed by atoms with Crippen molar-refractivity contribution in [3.8, 4) is 5.69 Å². The van der Waals surface area contributed by atoms with Gasteiger partial charge >= 0.3 is 0 Å². The minimum atomic E-state index is -0.598. The maximum atomic E-state index is 14.5. The molecule has 0 bridgehead atoms. The van der Waals surface area contributed by atoms with Crippen molar-refractivity contribution >= 4 is 17.5 Å². The van der Waals surface area contributed by atoms with E-state index in [0.29, 0.717) is 0 Å². The predicted octanol–water partition coefficient (Wildman–Crippen LogP) is 5.91. The van der Waals surface area contributed by atoms with Gasteiger partial charge < -0.3 is 9.47 Å². The van der Waals surface area contributed by atoms with Gasteiger partial charge in [-0.2, -0.15) is 0 Å². The lowest BCUT2D eigenvalue weighted by atomic mass is 9.97. The molecule has 1 aliphatic rings. The predicted molar refractivity (Wildman–Crippen MR) is 139 cm³/mol. The average molecular weight is 482 g/mol. The Hall–Kier alpha value is -4.19. The van der Waals surface area contributed by atoms with Crippen molar-refractivity contribution in [3.05, 3.63) is 119 Å². The Morgan fingerprint density at radius 2 is 1.56 bits per heavy atom. The van der Waals surface area contributed by atoms with Crippen LogP contribution in [-0.2, 0) is 4.79 Å². The van der Waals surface area contributed by atoms with Crippen molar-refractivity contribution in [2.24, 2.45) is 0 Å². The van der Waals surface area contributed by atoms with E-state index in [1.807, 2.05) is 87.6 Å². The van der Waals surface area contributed by atoms with E-state index in [0.717, 1.165) is 28.2 Å². The van der Waals surface area contributed by atoms with E-state index in [9.17, 15) is 14.0 Å². The molecule has 0 aliphatic carbocycles. The van der Waals surface area contributed by atoms with Crippen LogP contribution in [0.1, 0.15) is 47.1 Å². The maximum absolute atomic E-state index is 14.5. The maximum Gasteiger partial charge on any atom is 0.257 e.